The molecule has 0 aliphatic carbocycles. The SMILES string of the molecule is COc1cc2c(cc1OC)CN(Cc1cc(=O)c(OCC(=O)NC3CCS(=O)(=O)C3)co1)CC2. The van der Waals surface area contributed by atoms with E-state index in [0.717, 1.165) is 18.5 Å². The van der Waals surface area contributed by atoms with Crippen molar-refractivity contribution >= 4 is 15.7 Å². The van der Waals surface area contributed by atoms with E-state index in [-0.39, 0.29) is 22.7 Å². The second-order valence-corrected chi connectivity index (χ2v) is 10.7. The highest BCUT2D eigenvalue weighted by Gasteiger charge is 2.29. The normalized spacial score (nSPS) is 19.3. The van der Waals surface area contributed by atoms with Gasteiger partial charge in [-0.3, -0.25) is 14.5 Å². The van der Waals surface area contributed by atoms with E-state index < -0.39 is 28.4 Å². The van der Waals surface area contributed by atoms with Gasteiger partial charge in [0.2, 0.25) is 11.2 Å². The number of hydrogen-bond acceptors (Lipinski definition) is 9. The van der Waals surface area contributed by atoms with Crippen molar-refractivity contribution in [2.45, 2.75) is 32.0 Å². The number of rotatable bonds is 8. The Bertz CT molecular complexity index is 1220. The first-order chi connectivity index (χ1) is 16.3. The van der Waals surface area contributed by atoms with E-state index in [1.165, 1.54) is 17.9 Å². The van der Waals surface area contributed by atoms with Crippen molar-refractivity contribution in [3.8, 4) is 17.2 Å². The average molecular weight is 493 g/mol. The van der Waals surface area contributed by atoms with E-state index in [1.807, 2.05) is 12.1 Å². The third kappa shape index (κ3) is 5.71. The number of nitrogens with zero attached hydrogens (tertiary/aromatic N) is 1. The summed E-state index contributed by atoms with van der Waals surface area (Å²) in [6, 6.07) is 4.91. The van der Waals surface area contributed by atoms with Gasteiger partial charge < -0.3 is 23.9 Å². The van der Waals surface area contributed by atoms with Gasteiger partial charge in [0.25, 0.3) is 5.91 Å². The lowest BCUT2D eigenvalue weighted by Gasteiger charge is -2.29. The number of sulfone groups is 1. The van der Waals surface area contributed by atoms with Crippen molar-refractivity contribution < 1.29 is 31.8 Å². The summed E-state index contributed by atoms with van der Waals surface area (Å²) in [5.74, 6) is 1.31. The zero-order chi connectivity index (χ0) is 24.3. The minimum absolute atomic E-state index is 0.0637. The van der Waals surface area contributed by atoms with Crippen molar-refractivity contribution in [1.29, 1.82) is 0 Å². The smallest absolute Gasteiger partial charge is 0.258 e. The fourth-order valence-corrected chi connectivity index (χ4v) is 5.92. The molecule has 11 heteroatoms. The van der Waals surface area contributed by atoms with Crippen LogP contribution in [0, 0.1) is 0 Å². The van der Waals surface area contributed by atoms with Crippen LogP contribution in [0.4, 0.5) is 0 Å². The summed E-state index contributed by atoms with van der Waals surface area (Å²) in [5.41, 5.74) is 1.95. The number of nitrogens with one attached hydrogen (secondary N) is 1. The predicted octanol–water partition coefficient (Wildman–Crippen LogP) is 0.897. The molecule has 2 aromatic rings. The van der Waals surface area contributed by atoms with E-state index in [9.17, 15) is 18.0 Å². The van der Waals surface area contributed by atoms with Gasteiger partial charge in [-0.25, -0.2) is 8.42 Å². The van der Waals surface area contributed by atoms with Crippen LogP contribution < -0.4 is 25.0 Å². The van der Waals surface area contributed by atoms with Gasteiger partial charge in [-0.1, -0.05) is 0 Å². The number of methoxy groups -OCH3 is 2. The van der Waals surface area contributed by atoms with Crippen LogP contribution in [0.1, 0.15) is 23.3 Å². The molecule has 2 aliphatic heterocycles. The molecule has 1 saturated heterocycles. The number of hydrogen-bond donors (Lipinski definition) is 1. The number of carbonyl (C=O) groups excluding carboxylic acids is 1. The molecule has 0 bridgehead atoms. The van der Waals surface area contributed by atoms with Crippen LogP contribution in [0.2, 0.25) is 0 Å². The zero-order valence-electron chi connectivity index (χ0n) is 19.2. The fourth-order valence-electron chi connectivity index (χ4n) is 4.25. The molecule has 1 atom stereocenters. The molecule has 1 fully saturated rings. The Morgan fingerprint density at radius 3 is 2.53 bits per heavy atom. The minimum atomic E-state index is -3.09. The molecule has 1 aromatic heterocycles. The van der Waals surface area contributed by atoms with Gasteiger partial charge in [0.15, 0.2) is 27.9 Å². The van der Waals surface area contributed by atoms with Gasteiger partial charge >= 0.3 is 0 Å². The number of benzene rings is 1. The van der Waals surface area contributed by atoms with E-state index in [0.29, 0.717) is 36.8 Å². The first-order valence-corrected chi connectivity index (χ1v) is 12.8. The summed E-state index contributed by atoms with van der Waals surface area (Å²) >= 11 is 0. The minimum Gasteiger partial charge on any atom is -0.493 e. The van der Waals surface area contributed by atoms with Gasteiger partial charge in [0, 0.05) is 25.2 Å². The predicted molar refractivity (Wildman–Crippen MR) is 123 cm³/mol. The molecular weight excluding hydrogens is 464 g/mol. The molecule has 1 unspecified atom stereocenters. The van der Waals surface area contributed by atoms with Gasteiger partial charge in [0.1, 0.15) is 12.0 Å². The van der Waals surface area contributed by atoms with Crippen LogP contribution in [0.25, 0.3) is 0 Å². The lowest BCUT2D eigenvalue weighted by molar-refractivity contribution is -0.123. The van der Waals surface area contributed by atoms with E-state index in [2.05, 4.69) is 10.2 Å². The molecule has 1 N–H and O–H groups in total. The van der Waals surface area contributed by atoms with Gasteiger partial charge in [0.05, 0.1) is 32.3 Å². The number of fused-ring (bicyclic) bond motifs is 1. The molecule has 1 amide bonds. The maximum atomic E-state index is 12.4. The van der Waals surface area contributed by atoms with Crippen molar-refractivity contribution in [3.63, 3.8) is 0 Å². The van der Waals surface area contributed by atoms with Crippen LogP contribution in [0.3, 0.4) is 0 Å². The third-order valence-corrected chi connectivity index (χ3v) is 7.75. The number of amides is 1. The molecule has 0 saturated carbocycles. The summed E-state index contributed by atoms with van der Waals surface area (Å²) in [5, 5.41) is 2.61. The molecule has 0 radical (unpaired) electrons. The lowest BCUT2D eigenvalue weighted by atomic mass is 9.98. The van der Waals surface area contributed by atoms with Gasteiger partial charge in [-0.05, 0) is 36.1 Å². The molecule has 34 heavy (non-hydrogen) atoms. The summed E-state index contributed by atoms with van der Waals surface area (Å²) < 4.78 is 44.6. The number of carbonyl (C=O) groups is 1. The topological polar surface area (TPSA) is 124 Å². The quantitative estimate of drug-likeness (QED) is 0.572. The van der Waals surface area contributed by atoms with Crippen molar-refractivity contribution in [2.24, 2.45) is 0 Å². The highest BCUT2D eigenvalue weighted by Crippen LogP contribution is 2.33. The van der Waals surface area contributed by atoms with E-state index >= 15 is 0 Å². The third-order valence-electron chi connectivity index (χ3n) is 5.99. The van der Waals surface area contributed by atoms with Crippen LogP contribution in [-0.4, -0.2) is 64.1 Å². The first kappa shape index (κ1) is 24.1. The summed E-state index contributed by atoms with van der Waals surface area (Å²) in [7, 11) is 0.126. The van der Waals surface area contributed by atoms with Gasteiger partial charge in [-0.2, -0.15) is 0 Å². The van der Waals surface area contributed by atoms with E-state index in [1.54, 1.807) is 14.2 Å². The molecule has 184 valence electrons. The molecule has 2 aliphatic rings. The molecular formula is C23H28N2O8S. The molecule has 10 nitrogen and oxygen atoms in total. The maximum Gasteiger partial charge on any atom is 0.258 e. The Kier molecular flexibility index (Phi) is 7.13. The monoisotopic (exact) mass is 492 g/mol. The second-order valence-electron chi connectivity index (χ2n) is 8.47. The largest absolute Gasteiger partial charge is 0.493 e. The van der Waals surface area contributed by atoms with Crippen LogP contribution >= 0.6 is 0 Å². The summed E-state index contributed by atoms with van der Waals surface area (Å²) in [6.45, 7) is 1.52. The zero-order valence-corrected chi connectivity index (χ0v) is 20.0. The summed E-state index contributed by atoms with van der Waals surface area (Å²) in [4.78, 5) is 26.6. The van der Waals surface area contributed by atoms with Crippen LogP contribution in [-0.2, 0) is 34.1 Å². The van der Waals surface area contributed by atoms with E-state index in [4.69, 9.17) is 18.6 Å². The van der Waals surface area contributed by atoms with Gasteiger partial charge in [-0.15, -0.1) is 0 Å². The Hall–Kier alpha value is -3.05. The van der Waals surface area contributed by atoms with Crippen molar-refractivity contribution in [1.82, 2.24) is 10.2 Å². The Labute approximate surface area is 197 Å². The molecule has 0 spiro atoms. The maximum absolute atomic E-state index is 12.4. The number of ether oxygens (including phenoxy) is 3. The van der Waals surface area contributed by atoms with Crippen molar-refractivity contribution in [2.75, 3.05) is 38.9 Å². The van der Waals surface area contributed by atoms with Crippen molar-refractivity contribution in [3.05, 3.63) is 51.6 Å². The highest BCUT2D eigenvalue weighted by molar-refractivity contribution is 7.91. The fraction of sp³-hybridized carbons (Fsp3) is 0.478. The highest BCUT2D eigenvalue weighted by atomic mass is 32.2. The molecule has 1 aromatic carbocycles. The first-order valence-electron chi connectivity index (χ1n) is 11.0. The Morgan fingerprint density at radius 1 is 1.15 bits per heavy atom. The second kappa shape index (κ2) is 10.1. The lowest BCUT2D eigenvalue weighted by Crippen LogP contribution is -2.38. The Morgan fingerprint density at radius 2 is 1.88 bits per heavy atom. The van der Waals surface area contributed by atoms with Crippen LogP contribution in [0.5, 0.6) is 17.2 Å². The Balaban J connectivity index is 1.32. The summed E-state index contributed by atoms with van der Waals surface area (Å²) in [6.07, 6.45) is 2.42. The average Bonchev–Trinajstić information content (AvgIpc) is 3.15. The standard InChI is InChI=1S/C23H28N2O8S/c1-30-20-7-15-3-5-25(10-16(15)8-21(20)31-2)11-18-9-19(26)22(12-32-18)33-13-23(27)24-17-4-6-34(28,29)14-17/h7-9,12,17H,3-6,10-11,13-14H2,1-2H3,(H,24,27). The molecule has 4 rings (SSSR count). The van der Waals surface area contributed by atoms with Crippen LogP contribution in [0.15, 0.2) is 33.7 Å². The molecule has 3 heterocycles.